The zero-order valence-electron chi connectivity index (χ0n) is 13.6. The minimum Gasteiger partial charge on any atom is -0.444 e. The maximum atomic E-state index is 12.1. The molecule has 2 amide bonds. The van der Waals surface area contributed by atoms with E-state index in [1.165, 1.54) is 0 Å². The molecular weight excluding hydrogens is 312 g/mol. The first-order valence-corrected chi connectivity index (χ1v) is 7.43. The molecule has 0 aliphatic heterocycles. The lowest BCUT2D eigenvalue weighted by Crippen LogP contribution is -2.29. The Labute approximate surface area is 139 Å². The lowest BCUT2D eigenvalue weighted by molar-refractivity contribution is 0.0937. The molecule has 24 heavy (non-hydrogen) atoms. The van der Waals surface area contributed by atoms with Gasteiger partial charge in [-0.3, -0.25) is 10.1 Å². The van der Waals surface area contributed by atoms with E-state index in [2.05, 4.69) is 15.6 Å². The van der Waals surface area contributed by atoms with Gasteiger partial charge in [-0.05, 0) is 12.5 Å². The molecule has 0 fully saturated rings. The number of nitrogens with one attached hydrogen (secondary N) is 2. The summed E-state index contributed by atoms with van der Waals surface area (Å²) in [5.74, 6) is 0.233. The Kier molecular flexibility index (Phi) is 5.91. The van der Waals surface area contributed by atoms with E-state index in [0.29, 0.717) is 5.82 Å². The van der Waals surface area contributed by atoms with Crippen molar-refractivity contribution in [2.45, 2.75) is 13.5 Å². The summed E-state index contributed by atoms with van der Waals surface area (Å²) < 4.78 is 6.68. The van der Waals surface area contributed by atoms with E-state index in [-0.39, 0.29) is 31.3 Å². The molecule has 0 aliphatic carbocycles. The number of aliphatic hydroxyl groups is 1. The zero-order chi connectivity index (χ0) is 17.5. The van der Waals surface area contributed by atoms with Crippen LogP contribution in [0, 0.1) is 6.92 Å². The number of nitrogens with zero attached hydrogens (tertiary/aromatic N) is 2. The number of amides is 2. The molecule has 1 aromatic carbocycles. The SMILES string of the molecule is Cc1nc(NC(=O)OCc2ccccc2)c(C(=O)NCCO)n1C. The Bertz CT molecular complexity index is 712. The van der Waals surface area contributed by atoms with Crippen LogP contribution in [-0.4, -0.2) is 39.8 Å². The molecule has 0 saturated carbocycles. The van der Waals surface area contributed by atoms with Gasteiger partial charge >= 0.3 is 6.09 Å². The molecule has 8 heteroatoms. The van der Waals surface area contributed by atoms with Gasteiger partial charge in [0.05, 0.1) is 6.61 Å². The van der Waals surface area contributed by atoms with Gasteiger partial charge < -0.3 is 19.7 Å². The number of carbonyl (C=O) groups excluding carboxylic acids is 2. The summed E-state index contributed by atoms with van der Waals surface area (Å²) in [6.45, 7) is 1.76. The van der Waals surface area contributed by atoms with Crippen molar-refractivity contribution in [1.82, 2.24) is 14.9 Å². The first kappa shape index (κ1) is 17.5. The van der Waals surface area contributed by atoms with Crippen LogP contribution in [-0.2, 0) is 18.4 Å². The number of aromatic nitrogens is 2. The largest absolute Gasteiger partial charge is 0.444 e. The van der Waals surface area contributed by atoms with Crippen molar-refractivity contribution >= 4 is 17.8 Å². The van der Waals surface area contributed by atoms with E-state index in [0.717, 1.165) is 5.56 Å². The fourth-order valence-corrected chi connectivity index (χ4v) is 2.07. The Morgan fingerprint density at radius 1 is 1.29 bits per heavy atom. The second-order valence-corrected chi connectivity index (χ2v) is 5.08. The van der Waals surface area contributed by atoms with E-state index in [9.17, 15) is 9.59 Å². The second kappa shape index (κ2) is 8.11. The Morgan fingerprint density at radius 3 is 2.67 bits per heavy atom. The molecule has 0 atom stereocenters. The third kappa shape index (κ3) is 4.32. The summed E-state index contributed by atoms with van der Waals surface area (Å²) in [7, 11) is 1.66. The van der Waals surface area contributed by atoms with Crippen LogP contribution in [0.3, 0.4) is 0 Å². The molecule has 0 saturated heterocycles. The third-order valence-electron chi connectivity index (χ3n) is 3.36. The van der Waals surface area contributed by atoms with Crippen LogP contribution in [0.5, 0.6) is 0 Å². The van der Waals surface area contributed by atoms with E-state index in [4.69, 9.17) is 9.84 Å². The fraction of sp³-hybridized carbons (Fsp3) is 0.312. The van der Waals surface area contributed by atoms with Crippen molar-refractivity contribution in [3.05, 3.63) is 47.4 Å². The number of aryl methyl sites for hydroxylation is 1. The van der Waals surface area contributed by atoms with Crippen LogP contribution in [0.4, 0.5) is 10.6 Å². The van der Waals surface area contributed by atoms with Crippen LogP contribution >= 0.6 is 0 Å². The number of rotatable bonds is 6. The lowest BCUT2D eigenvalue weighted by Gasteiger charge is -2.09. The van der Waals surface area contributed by atoms with Crippen LogP contribution < -0.4 is 10.6 Å². The maximum Gasteiger partial charge on any atom is 0.413 e. The number of hydrogen-bond donors (Lipinski definition) is 3. The Balaban J connectivity index is 2.04. The predicted molar refractivity (Wildman–Crippen MR) is 87.6 cm³/mol. The van der Waals surface area contributed by atoms with Crippen molar-refractivity contribution in [2.24, 2.45) is 7.05 Å². The lowest BCUT2D eigenvalue weighted by atomic mass is 10.2. The number of aliphatic hydroxyl groups excluding tert-OH is 1. The van der Waals surface area contributed by atoms with Crippen molar-refractivity contribution in [2.75, 3.05) is 18.5 Å². The minimum atomic E-state index is -0.701. The van der Waals surface area contributed by atoms with Crippen molar-refractivity contribution in [3.63, 3.8) is 0 Å². The molecule has 0 spiro atoms. The van der Waals surface area contributed by atoms with Gasteiger partial charge in [0.2, 0.25) is 0 Å². The standard InChI is InChI=1S/C16H20N4O4/c1-11-18-14(13(20(11)2)15(22)17-8-9-21)19-16(23)24-10-12-6-4-3-5-7-12/h3-7,21H,8-10H2,1-2H3,(H,17,22)(H,19,23). The average molecular weight is 332 g/mol. The van der Waals surface area contributed by atoms with Gasteiger partial charge in [-0.1, -0.05) is 30.3 Å². The van der Waals surface area contributed by atoms with Crippen molar-refractivity contribution in [3.8, 4) is 0 Å². The molecule has 2 aromatic rings. The van der Waals surface area contributed by atoms with Crippen LogP contribution in [0.15, 0.2) is 30.3 Å². The molecule has 3 N–H and O–H groups in total. The van der Waals surface area contributed by atoms with Gasteiger partial charge in [0, 0.05) is 13.6 Å². The minimum absolute atomic E-state index is 0.112. The summed E-state index contributed by atoms with van der Waals surface area (Å²) in [5.41, 5.74) is 1.04. The van der Waals surface area contributed by atoms with Gasteiger partial charge in [-0.25, -0.2) is 9.78 Å². The van der Waals surface area contributed by atoms with E-state index >= 15 is 0 Å². The molecule has 8 nitrogen and oxygen atoms in total. The van der Waals surface area contributed by atoms with Crippen molar-refractivity contribution in [1.29, 1.82) is 0 Å². The predicted octanol–water partition coefficient (Wildman–Crippen LogP) is 1.20. The molecule has 0 radical (unpaired) electrons. The maximum absolute atomic E-state index is 12.1. The first-order valence-electron chi connectivity index (χ1n) is 7.43. The third-order valence-corrected chi connectivity index (χ3v) is 3.36. The van der Waals surface area contributed by atoms with E-state index in [1.54, 1.807) is 18.5 Å². The summed E-state index contributed by atoms with van der Waals surface area (Å²) in [5, 5.41) is 13.8. The summed E-state index contributed by atoms with van der Waals surface area (Å²) in [4.78, 5) is 28.2. The highest BCUT2D eigenvalue weighted by molar-refractivity contribution is 6.00. The molecule has 0 aliphatic rings. The fourth-order valence-electron chi connectivity index (χ4n) is 2.07. The van der Waals surface area contributed by atoms with Gasteiger partial charge in [0.1, 0.15) is 12.4 Å². The number of anilines is 1. The Hall–Kier alpha value is -2.87. The van der Waals surface area contributed by atoms with E-state index < -0.39 is 12.0 Å². The summed E-state index contributed by atoms with van der Waals surface area (Å²) in [6, 6.07) is 9.25. The topological polar surface area (TPSA) is 105 Å². The average Bonchev–Trinajstić information content (AvgIpc) is 2.85. The molecule has 0 bridgehead atoms. The highest BCUT2D eigenvalue weighted by atomic mass is 16.5. The quantitative estimate of drug-likeness (QED) is 0.737. The second-order valence-electron chi connectivity index (χ2n) is 5.08. The van der Waals surface area contributed by atoms with Crippen LogP contribution in [0.1, 0.15) is 21.9 Å². The highest BCUT2D eigenvalue weighted by Gasteiger charge is 2.21. The smallest absolute Gasteiger partial charge is 0.413 e. The monoisotopic (exact) mass is 332 g/mol. The molecule has 0 unspecified atom stereocenters. The molecule has 128 valence electrons. The van der Waals surface area contributed by atoms with Gasteiger partial charge in [-0.2, -0.15) is 0 Å². The zero-order valence-corrected chi connectivity index (χ0v) is 13.6. The number of hydrogen-bond acceptors (Lipinski definition) is 5. The number of carbonyl (C=O) groups is 2. The number of benzene rings is 1. The van der Waals surface area contributed by atoms with Gasteiger partial charge in [0.15, 0.2) is 11.5 Å². The number of ether oxygens (including phenoxy) is 1. The van der Waals surface area contributed by atoms with Gasteiger partial charge in [0.25, 0.3) is 5.91 Å². The normalized spacial score (nSPS) is 10.3. The van der Waals surface area contributed by atoms with Gasteiger partial charge in [-0.15, -0.1) is 0 Å². The Morgan fingerprint density at radius 2 is 2.00 bits per heavy atom. The number of imidazole rings is 1. The molecular formula is C16H20N4O4. The first-order chi connectivity index (χ1) is 11.5. The summed E-state index contributed by atoms with van der Waals surface area (Å²) >= 11 is 0. The van der Waals surface area contributed by atoms with E-state index in [1.807, 2.05) is 30.3 Å². The molecule has 2 rings (SSSR count). The van der Waals surface area contributed by atoms with Crippen LogP contribution in [0.25, 0.3) is 0 Å². The summed E-state index contributed by atoms with van der Waals surface area (Å²) in [6.07, 6.45) is -0.701. The highest BCUT2D eigenvalue weighted by Crippen LogP contribution is 2.16. The molecule has 1 heterocycles. The van der Waals surface area contributed by atoms with Crippen LogP contribution in [0.2, 0.25) is 0 Å². The molecule has 1 aromatic heterocycles. The van der Waals surface area contributed by atoms with Crippen molar-refractivity contribution < 1.29 is 19.4 Å².